The van der Waals surface area contributed by atoms with E-state index in [4.69, 9.17) is 0 Å². The van der Waals surface area contributed by atoms with Crippen LogP contribution in [-0.4, -0.2) is 36.6 Å². The summed E-state index contributed by atoms with van der Waals surface area (Å²) in [6.07, 6.45) is 7.51. The molecule has 4 rings (SSSR count). The van der Waals surface area contributed by atoms with Crippen molar-refractivity contribution in [2.24, 2.45) is 5.92 Å². The third kappa shape index (κ3) is 5.36. The molecular formula is C23H30N6OS. The smallest absolute Gasteiger partial charge is 0.234 e. The molecule has 1 aliphatic rings. The van der Waals surface area contributed by atoms with Gasteiger partial charge in [0.15, 0.2) is 0 Å². The molecule has 0 unspecified atom stereocenters. The van der Waals surface area contributed by atoms with Gasteiger partial charge >= 0.3 is 0 Å². The average Bonchev–Trinajstić information content (AvgIpc) is 3.49. The molecule has 0 saturated heterocycles. The summed E-state index contributed by atoms with van der Waals surface area (Å²) in [6.45, 7) is 5.93. The second-order valence-corrected chi connectivity index (χ2v) is 9.33. The summed E-state index contributed by atoms with van der Waals surface area (Å²) >= 11 is 1.35. The Bertz CT molecular complexity index is 1030. The molecule has 2 heterocycles. The molecule has 2 N–H and O–H groups in total. The van der Waals surface area contributed by atoms with Gasteiger partial charge in [0.2, 0.25) is 11.1 Å². The van der Waals surface area contributed by atoms with Crippen LogP contribution in [0.3, 0.4) is 0 Å². The lowest BCUT2D eigenvalue weighted by atomic mass is 10.0. The van der Waals surface area contributed by atoms with E-state index in [0.717, 1.165) is 40.9 Å². The molecular weight excluding hydrogens is 408 g/mol. The average molecular weight is 439 g/mol. The van der Waals surface area contributed by atoms with Crippen molar-refractivity contribution >= 4 is 23.4 Å². The zero-order chi connectivity index (χ0) is 21.8. The second kappa shape index (κ2) is 9.68. The zero-order valence-corrected chi connectivity index (χ0v) is 19.3. The first-order valence-corrected chi connectivity index (χ1v) is 12.0. The highest BCUT2D eigenvalue weighted by Gasteiger charge is 2.17. The Labute approximate surface area is 187 Å². The van der Waals surface area contributed by atoms with Crippen LogP contribution >= 0.6 is 11.8 Å². The Kier molecular flexibility index (Phi) is 6.75. The third-order valence-corrected chi connectivity index (χ3v) is 6.79. The van der Waals surface area contributed by atoms with Crippen LogP contribution < -0.4 is 5.32 Å². The lowest BCUT2D eigenvalue weighted by molar-refractivity contribution is -0.113. The fourth-order valence-electron chi connectivity index (χ4n) is 4.16. The number of carbonyl (C=O) groups excluding carboxylic acids is 1. The minimum Gasteiger partial charge on any atom is -0.322 e. The largest absolute Gasteiger partial charge is 0.322 e. The maximum Gasteiger partial charge on any atom is 0.234 e. The van der Waals surface area contributed by atoms with Crippen molar-refractivity contribution in [1.82, 2.24) is 25.0 Å². The lowest BCUT2D eigenvalue weighted by Gasteiger charge is -2.07. The van der Waals surface area contributed by atoms with Crippen LogP contribution in [0.15, 0.2) is 29.4 Å². The number of rotatable bonds is 8. The Morgan fingerprint density at radius 3 is 2.68 bits per heavy atom. The van der Waals surface area contributed by atoms with E-state index in [-0.39, 0.29) is 11.7 Å². The Morgan fingerprint density at radius 2 is 1.94 bits per heavy atom. The monoisotopic (exact) mass is 438 g/mol. The van der Waals surface area contributed by atoms with E-state index in [1.54, 1.807) is 0 Å². The predicted octanol–water partition coefficient (Wildman–Crippen LogP) is 4.77. The summed E-state index contributed by atoms with van der Waals surface area (Å²) in [7, 11) is 0. The molecule has 0 radical (unpaired) electrons. The Balaban J connectivity index is 1.31. The number of H-pyrrole nitrogens is 1. The summed E-state index contributed by atoms with van der Waals surface area (Å²) in [5.41, 5.74) is 4.64. The van der Waals surface area contributed by atoms with Gasteiger partial charge in [0.05, 0.1) is 28.5 Å². The van der Waals surface area contributed by atoms with Crippen LogP contribution in [-0.2, 0) is 11.2 Å². The van der Waals surface area contributed by atoms with Crippen LogP contribution in [0.5, 0.6) is 0 Å². The van der Waals surface area contributed by atoms with Crippen molar-refractivity contribution in [2.45, 2.75) is 64.5 Å². The van der Waals surface area contributed by atoms with Gasteiger partial charge in [-0.25, -0.2) is 9.67 Å². The van der Waals surface area contributed by atoms with Crippen LogP contribution in [0, 0.1) is 26.7 Å². The highest BCUT2D eigenvalue weighted by Crippen LogP contribution is 2.28. The van der Waals surface area contributed by atoms with E-state index in [1.807, 2.05) is 30.7 Å². The number of hydrogen-bond donors (Lipinski definition) is 2. The minimum absolute atomic E-state index is 0.0861. The normalized spacial score (nSPS) is 14.3. The van der Waals surface area contributed by atoms with Crippen LogP contribution in [0.4, 0.5) is 5.69 Å². The number of nitrogens with zero attached hydrogens (tertiary/aromatic N) is 4. The molecule has 0 bridgehead atoms. The summed E-state index contributed by atoms with van der Waals surface area (Å²) in [5, 5.41) is 15.5. The number of aromatic amines is 1. The molecule has 0 atom stereocenters. The van der Waals surface area contributed by atoms with Gasteiger partial charge in [0.25, 0.3) is 0 Å². The van der Waals surface area contributed by atoms with Gasteiger partial charge < -0.3 is 5.32 Å². The van der Waals surface area contributed by atoms with Crippen molar-refractivity contribution in [3.05, 3.63) is 47.0 Å². The molecule has 1 aromatic carbocycles. The molecule has 1 saturated carbocycles. The SMILES string of the molecule is Cc1ccc(-n2nc(C)c(NC(=O)CSc3n[nH]c(CCC4CCCC4)n3)c2C)cc1. The molecule has 1 amide bonds. The molecule has 0 aliphatic heterocycles. The number of thioether (sulfide) groups is 1. The molecule has 7 nitrogen and oxygen atoms in total. The van der Waals surface area contributed by atoms with Gasteiger partial charge in [-0.05, 0) is 45.2 Å². The lowest BCUT2D eigenvalue weighted by Crippen LogP contribution is -2.15. The van der Waals surface area contributed by atoms with Crippen LogP contribution in [0.25, 0.3) is 5.69 Å². The first kappa shape index (κ1) is 21.6. The summed E-state index contributed by atoms with van der Waals surface area (Å²) < 4.78 is 1.86. The van der Waals surface area contributed by atoms with Crippen molar-refractivity contribution < 1.29 is 4.79 Å². The Hall–Kier alpha value is -2.61. The van der Waals surface area contributed by atoms with Gasteiger partial charge in [0.1, 0.15) is 5.82 Å². The van der Waals surface area contributed by atoms with E-state index in [9.17, 15) is 4.79 Å². The van der Waals surface area contributed by atoms with Gasteiger partial charge in [-0.1, -0.05) is 55.1 Å². The number of aromatic nitrogens is 5. The zero-order valence-electron chi connectivity index (χ0n) is 18.4. The van der Waals surface area contributed by atoms with E-state index in [2.05, 4.69) is 44.7 Å². The number of benzene rings is 1. The van der Waals surface area contributed by atoms with Crippen molar-refractivity contribution in [3.8, 4) is 5.69 Å². The maximum atomic E-state index is 12.6. The standard InChI is InChI=1S/C23H30N6OS/c1-15-8-11-19(12-9-15)29-17(3)22(16(2)28-29)25-21(30)14-31-23-24-20(26-27-23)13-10-18-6-4-5-7-18/h8-9,11-12,18H,4-7,10,13-14H2,1-3H3,(H,25,30)(H,24,26,27). The fraction of sp³-hybridized carbons (Fsp3) is 0.478. The van der Waals surface area contributed by atoms with E-state index in [0.29, 0.717) is 5.16 Å². The molecule has 3 aromatic rings. The van der Waals surface area contributed by atoms with Gasteiger partial charge in [-0.15, -0.1) is 5.10 Å². The molecule has 1 aliphatic carbocycles. The van der Waals surface area contributed by atoms with Crippen molar-refractivity contribution in [1.29, 1.82) is 0 Å². The quantitative estimate of drug-likeness (QED) is 0.495. The molecule has 8 heteroatoms. The molecule has 1 fully saturated rings. The van der Waals surface area contributed by atoms with Gasteiger partial charge in [-0.2, -0.15) is 5.10 Å². The predicted molar refractivity (Wildman–Crippen MR) is 124 cm³/mol. The Morgan fingerprint density at radius 1 is 1.19 bits per heavy atom. The van der Waals surface area contributed by atoms with Crippen LogP contribution in [0.2, 0.25) is 0 Å². The number of amides is 1. The molecule has 0 spiro atoms. The summed E-state index contributed by atoms with van der Waals surface area (Å²) in [5.74, 6) is 1.92. The number of carbonyl (C=O) groups is 1. The first-order chi connectivity index (χ1) is 15.0. The van der Waals surface area contributed by atoms with E-state index >= 15 is 0 Å². The fourth-order valence-corrected chi connectivity index (χ4v) is 4.78. The van der Waals surface area contributed by atoms with E-state index in [1.165, 1.54) is 49.4 Å². The number of anilines is 1. The second-order valence-electron chi connectivity index (χ2n) is 8.38. The maximum absolute atomic E-state index is 12.6. The van der Waals surface area contributed by atoms with Gasteiger partial charge in [-0.3, -0.25) is 9.89 Å². The third-order valence-electron chi connectivity index (χ3n) is 5.94. The first-order valence-electron chi connectivity index (χ1n) is 11.0. The molecule has 164 valence electrons. The summed E-state index contributed by atoms with van der Waals surface area (Å²) in [4.78, 5) is 17.1. The van der Waals surface area contributed by atoms with Crippen LogP contribution in [0.1, 0.15) is 54.9 Å². The highest BCUT2D eigenvalue weighted by molar-refractivity contribution is 7.99. The number of aryl methyl sites for hydroxylation is 3. The summed E-state index contributed by atoms with van der Waals surface area (Å²) in [6, 6.07) is 8.17. The molecule has 31 heavy (non-hydrogen) atoms. The van der Waals surface area contributed by atoms with Crippen molar-refractivity contribution in [2.75, 3.05) is 11.1 Å². The van der Waals surface area contributed by atoms with Gasteiger partial charge in [0, 0.05) is 6.42 Å². The topological polar surface area (TPSA) is 88.5 Å². The molecule has 2 aromatic heterocycles. The van der Waals surface area contributed by atoms with Crippen molar-refractivity contribution in [3.63, 3.8) is 0 Å². The highest BCUT2D eigenvalue weighted by atomic mass is 32.2. The number of hydrogen-bond acceptors (Lipinski definition) is 5. The minimum atomic E-state index is -0.0861. The van der Waals surface area contributed by atoms with E-state index < -0.39 is 0 Å². The number of nitrogens with one attached hydrogen (secondary N) is 2.